The van der Waals surface area contributed by atoms with E-state index < -0.39 is 15.6 Å². The first-order chi connectivity index (χ1) is 11.1. The summed E-state index contributed by atoms with van der Waals surface area (Å²) in [5.74, 6) is 0.147. The third-order valence-electron chi connectivity index (χ3n) is 5.40. The SMILES string of the molecule is Cc1ccc(S(=O)(=O)N[C@@H]2C[C@@](O)(C(C)C)[C@@H]3C[C@@]2(C)[Se][Se]3)cc1. The molecule has 1 aromatic rings. The Morgan fingerprint density at radius 2 is 1.88 bits per heavy atom. The van der Waals surface area contributed by atoms with Crippen LogP contribution in [-0.4, -0.2) is 51.4 Å². The van der Waals surface area contributed by atoms with Crippen molar-refractivity contribution < 1.29 is 13.5 Å². The number of hydrogen-bond donors (Lipinski definition) is 2. The van der Waals surface area contributed by atoms with Crippen LogP contribution in [0.2, 0.25) is 9.13 Å². The van der Waals surface area contributed by atoms with Crippen LogP contribution in [0.4, 0.5) is 0 Å². The Labute approximate surface area is 156 Å². The van der Waals surface area contributed by atoms with E-state index in [0.717, 1.165) is 12.0 Å². The molecule has 2 fully saturated rings. The molecule has 1 aromatic carbocycles. The second kappa shape index (κ2) is 6.38. The summed E-state index contributed by atoms with van der Waals surface area (Å²) >= 11 is 0.843. The molecule has 4 nitrogen and oxygen atoms in total. The summed E-state index contributed by atoms with van der Waals surface area (Å²) in [5, 5.41) is 11.2. The van der Waals surface area contributed by atoms with Gasteiger partial charge < -0.3 is 0 Å². The van der Waals surface area contributed by atoms with E-state index in [0.29, 0.717) is 42.4 Å². The molecule has 4 atom stereocenters. The molecule has 24 heavy (non-hydrogen) atoms. The predicted octanol–water partition coefficient (Wildman–Crippen LogP) is 2.13. The van der Waals surface area contributed by atoms with Crippen LogP contribution >= 0.6 is 0 Å². The van der Waals surface area contributed by atoms with Gasteiger partial charge in [-0.15, -0.1) is 0 Å². The maximum absolute atomic E-state index is 12.8. The fourth-order valence-corrected chi connectivity index (χ4v) is 17.5. The van der Waals surface area contributed by atoms with Crippen molar-refractivity contribution in [2.24, 2.45) is 5.92 Å². The molecule has 0 unspecified atom stereocenters. The molecule has 1 aliphatic carbocycles. The van der Waals surface area contributed by atoms with E-state index in [2.05, 4.69) is 25.5 Å². The Kier molecular flexibility index (Phi) is 5.03. The Bertz CT molecular complexity index is 722. The third-order valence-corrected chi connectivity index (χ3v) is 18.3. The molecule has 0 spiro atoms. The van der Waals surface area contributed by atoms with Gasteiger partial charge in [0, 0.05) is 0 Å². The number of sulfonamides is 1. The minimum atomic E-state index is -3.56. The fourth-order valence-electron chi connectivity index (χ4n) is 3.49. The molecule has 2 N–H and O–H groups in total. The van der Waals surface area contributed by atoms with Crippen molar-refractivity contribution in [3.8, 4) is 0 Å². The summed E-state index contributed by atoms with van der Waals surface area (Å²) in [6, 6.07) is 6.77. The molecule has 3 rings (SSSR count). The van der Waals surface area contributed by atoms with Gasteiger partial charge >= 0.3 is 156 Å². The Morgan fingerprint density at radius 3 is 2.46 bits per heavy atom. The summed E-state index contributed by atoms with van der Waals surface area (Å²) in [6.45, 7) is 8.25. The zero-order valence-electron chi connectivity index (χ0n) is 14.4. The van der Waals surface area contributed by atoms with E-state index in [9.17, 15) is 13.5 Å². The van der Waals surface area contributed by atoms with E-state index in [1.807, 2.05) is 19.1 Å². The summed E-state index contributed by atoms with van der Waals surface area (Å²) in [7, 11) is -3.56. The van der Waals surface area contributed by atoms with Crippen molar-refractivity contribution in [1.29, 1.82) is 0 Å². The average molecular weight is 481 g/mol. The zero-order valence-corrected chi connectivity index (χ0v) is 18.7. The molecule has 1 saturated heterocycles. The van der Waals surface area contributed by atoms with E-state index in [1.165, 1.54) is 0 Å². The molecule has 2 bridgehead atoms. The van der Waals surface area contributed by atoms with Crippen LogP contribution in [0.25, 0.3) is 0 Å². The van der Waals surface area contributed by atoms with Gasteiger partial charge in [0.1, 0.15) is 0 Å². The van der Waals surface area contributed by atoms with Crippen LogP contribution in [0.15, 0.2) is 29.2 Å². The van der Waals surface area contributed by atoms with E-state index in [4.69, 9.17) is 0 Å². The van der Waals surface area contributed by atoms with Gasteiger partial charge in [-0.25, -0.2) is 0 Å². The molecule has 2 aliphatic rings. The molecule has 0 radical (unpaired) electrons. The molecule has 0 aromatic heterocycles. The molecule has 1 heterocycles. The van der Waals surface area contributed by atoms with Gasteiger partial charge in [-0.1, -0.05) is 0 Å². The summed E-state index contributed by atoms with van der Waals surface area (Å²) in [6.07, 6.45) is 1.48. The van der Waals surface area contributed by atoms with Crippen molar-refractivity contribution in [2.45, 2.75) is 66.2 Å². The van der Waals surface area contributed by atoms with Crippen molar-refractivity contribution in [2.75, 3.05) is 0 Å². The predicted molar refractivity (Wildman–Crippen MR) is 97.9 cm³/mol. The average Bonchev–Trinajstić information content (AvgIpc) is 2.86. The standard InChI is InChI=1S/C17H25NO3SSe2/c1-11(2)17(19)9-14(16(4)10-15(17)23-24-16)18-22(20,21)13-7-5-12(3)6-8-13/h5-8,11,14-15,18-19H,9-10H2,1-4H3/t14-,15+,16-,17-/m1/s1. The van der Waals surface area contributed by atoms with Gasteiger partial charge in [0.05, 0.1) is 0 Å². The quantitative estimate of drug-likeness (QED) is 0.648. The van der Waals surface area contributed by atoms with Gasteiger partial charge in [0.15, 0.2) is 0 Å². The fraction of sp³-hybridized carbons (Fsp3) is 0.647. The van der Waals surface area contributed by atoms with E-state index in [-0.39, 0.29) is 16.3 Å². The minimum absolute atomic E-state index is 0.0244. The molecule has 1 aliphatic heterocycles. The Hall–Kier alpha value is 0.129. The van der Waals surface area contributed by atoms with Crippen LogP contribution < -0.4 is 4.72 Å². The van der Waals surface area contributed by atoms with Crippen LogP contribution in [0.1, 0.15) is 39.2 Å². The van der Waals surface area contributed by atoms with Crippen molar-refractivity contribution in [3.63, 3.8) is 0 Å². The van der Waals surface area contributed by atoms with Gasteiger partial charge in [0.25, 0.3) is 0 Å². The van der Waals surface area contributed by atoms with Gasteiger partial charge in [-0.2, -0.15) is 0 Å². The van der Waals surface area contributed by atoms with Crippen molar-refractivity contribution in [1.82, 2.24) is 4.72 Å². The molecule has 1 saturated carbocycles. The molecule has 7 heteroatoms. The number of rotatable bonds is 4. The normalized spacial score (nSPS) is 36.2. The second-order valence-corrected chi connectivity index (χ2v) is 17.1. The number of hydrogen-bond acceptors (Lipinski definition) is 3. The topological polar surface area (TPSA) is 66.4 Å². The van der Waals surface area contributed by atoms with Crippen LogP contribution in [0, 0.1) is 12.8 Å². The van der Waals surface area contributed by atoms with Gasteiger partial charge in [-0.05, 0) is 0 Å². The Morgan fingerprint density at radius 1 is 1.25 bits per heavy atom. The Balaban J connectivity index is 1.89. The van der Waals surface area contributed by atoms with Crippen molar-refractivity contribution >= 4 is 36.3 Å². The summed E-state index contributed by atoms with van der Waals surface area (Å²) in [4.78, 5) is 0.679. The third kappa shape index (κ3) is 3.25. The molecule has 134 valence electrons. The molecule has 0 amide bonds. The summed E-state index contributed by atoms with van der Waals surface area (Å²) in [5.41, 5.74) is 0.301. The van der Waals surface area contributed by atoms with Gasteiger partial charge in [-0.3, -0.25) is 0 Å². The second-order valence-electron chi connectivity index (χ2n) is 7.52. The van der Waals surface area contributed by atoms with Crippen LogP contribution in [0.5, 0.6) is 0 Å². The number of nitrogens with one attached hydrogen (secondary N) is 1. The summed E-state index contributed by atoms with van der Waals surface area (Å²) < 4.78 is 28.6. The van der Waals surface area contributed by atoms with E-state index >= 15 is 0 Å². The van der Waals surface area contributed by atoms with Crippen LogP contribution in [0.3, 0.4) is 0 Å². The first kappa shape index (κ1) is 18.9. The van der Waals surface area contributed by atoms with E-state index in [1.54, 1.807) is 12.1 Å². The molecular formula is C17H25NO3SSe2. The van der Waals surface area contributed by atoms with Crippen molar-refractivity contribution in [3.05, 3.63) is 29.8 Å². The first-order valence-electron chi connectivity index (χ1n) is 8.23. The number of aliphatic hydroxyl groups is 1. The molecular weight excluding hydrogens is 456 g/mol. The zero-order chi connectivity index (χ0) is 17.8. The number of aryl methyl sites for hydroxylation is 1. The number of fused-ring (bicyclic) bond motifs is 2. The first-order valence-corrected chi connectivity index (χ1v) is 15.9. The maximum atomic E-state index is 12.8. The monoisotopic (exact) mass is 483 g/mol. The number of benzene rings is 1. The van der Waals surface area contributed by atoms with Gasteiger partial charge in [0.2, 0.25) is 0 Å². The van der Waals surface area contributed by atoms with Crippen LogP contribution in [-0.2, 0) is 10.0 Å².